The van der Waals surface area contributed by atoms with E-state index in [1.54, 1.807) is 44.4 Å². The second kappa shape index (κ2) is 9.14. The van der Waals surface area contributed by atoms with Crippen LogP contribution in [0.15, 0.2) is 54.9 Å². The third-order valence-corrected chi connectivity index (χ3v) is 5.39. The minimum atomic E-state index is -0.939. The summed E-state index contributed by atoms with van der Waals surface area (Å²) < 4.78 is 5.48. The fourth-order valence-corrected chi connectivity index (χ4v) is 3.46. The molecule has 0 aliphatic carbocycles. The van der Waals surface area contributed by atoms with Gasteiger partial charge in [0.05, 0.1) is 18.4 Å². The number of methoxy groups -OCH3 is 1. The van der Waals surface area contributed by atoms with Gasteiger partial charge in [0.25, 0.3) is 0 Å². The number of fused-ring (bicyclic) bond motifs is 1. The predicted molar refractivity (Wildman–Crippen MR) is 120 cm³/mol. The van der Waals surface area contributed by atoms with Crippen molar-refractivity contribution >= 4 is 28.3 Å². The summed E-state index contributed by atoms with van der Waals surface area (Å²) in [6, 6.07) is 12.9. The van der Waals surface area contributed by atoms with Crippen molar-refractivity contribution in [2.45, 2.75) is 26.2 Å². The smallest absolute Gasteiger partial charge is 0.309 e. The number of pyridine rings is 1. The summed E-state index contributed by atoms with van der Waals surface area (Å²) in [5.74, 6) is -1.15. The largest absolute Gasteiger partial charge is 0.496 e. The monoisotopic (exact) mass is 421 g/mol. The molecular weight excluding hydrogens is 394 g/mol. The maximum atomic E-state index is 13.0. The average Bonchev–Trinajstić information content (AvgIpc) is 2.74. The summed E-state index contributed by atoms with van der Waals surface area (Å²) in [7, 11) is 1.53. The Labute approximate surface area is 181 Å². The van der Waals surface area contributed by atoms with Crippen molar-refractivity contribution in [3.63, 3.8) is 0 Å². The lowest BCUT2D eigenvalue weighted by molar-refractivity contribution is -0.146. The number of hydrogen-bond donors (Lipinski definition) is 3. The molecule has 4 N–H and O–H groups in total. The fourth-order valence-electron chi connectivity index (χ4n) is 3.46. The average molecular weight is 421 g/mol. The van der Waals surface area contributed by atoms with Crippen LogP contribution >= 0.6 is 0 Å². The first-order valence-corrected chi connectivity index (χ1v) is 10.00. The Hall–Kier alpha value is -3.45. The number of carbonyl (C=O) groups excluding carboxylic acids is 1. The van der Waals surface area contributed by atoms with Gasteiger partial charge in [0.2, 0.25) is 5.91 Å². The Bertz CT molecular complexity index is 1110. The van der Waals surface area contributed by atoms with Crippen LogP contribution in [-0.4, -0.2) is 35.6 Å². The van der Waals surface area contributed by atoms with Gasteiger partial charge >= 0.3 is 5.97 Å². The van der Waals surface area contributed by atoms with Gasteiger partial charge in [-0.3, -0.25) is 14.6 Å². The summed E-state index contributed by atoms with van der Waals surface area (Å²) in [6.45, 7) is 3.45. The van der Waals surface area contributed by atoms with E-state index in [-0.39, 0.29) is 12.5 Å². The van der Waals surface area contributed by atoms with Crippen LogP contribution in [0.4, 0.5) is 5.69 Å². The number of anilines is 1. The van der Waals surface area contributed by atoms with Crippen molar-refractivity contribution in [2.24, 2.45) is 11.1 Å². The number of amides is 1. The molecule has 0 saturated heterocycles. The third-order valence-electron chi connectivity index (χ3n) is 5.39. The van der Waals surface area contributed by atoms with Crippen molar-refractivity contribution in [3.8, 4) is 5.75 Å². The summed E-state index contributed by atoms with van der Waals surface area (Å²) in [4.78, 5) is 28.5. The van der Waals surface area contributed by atoms with Gasteiger partial charge in [-0.05, 0) is 61.0 Å². The lowest BCUT2D eigenvalue weighted by atomic mass is 9.84. The van der Waals surface area contributed by atoms with Crippen molar-refractivity contribution in [1.82, 2.24) is 4.98 Å². The molecule has 3 rings (SSSR count). The van der Waals surface area contributed by atoms with Crippen LogP contribution < -0.4 is 15.8 Å². The summed E-state index contributed by atoms with van der Waals surface area (Å²) in [5.41, 5.74) is 7.14. The van der Waals surface area contributed by atoms with E-state index in [1.807, 2.05) is 24.3 Å². The van der Waals surface area contributed by atoms with Gasteiger partial charge in [0.15, 0.2) is 0 Å². The van der Waals surface area contributed by atoms with E-state index < -0.39 is 17.3 Å². The second-order valence-corrected chi connectivity index (χ2v) is 8.15. The second-order valence-electron chi connectivity index (χ2n) is 8.15. The number of rotatable bonds is 8. The Morgan fingerprint density at radius 1 is 1.16 bits per heavy atom. The Balaban J connectivity index is 1.83. The molecule has 162 valence electrons. The van der Waals surface area contributed by atoms with E-state index in [4.69, 9.17) is 10.5 Å². The maximum Gasteiger partial charge on any atom is 0.309 e. The van der Waals surface area contributed by atoms with Gasteiger partial charge in [-0.15, -0.1) is 0 Å². The number of aliphatic carboxylic acids is 1. The molecule has 0 spiro atoms. The lowest BCUT2D eigenvalue weighted by Crippen LogP contribution is -2.28. The highest BCUT2D eigenvalue weighted by Gasteiger charge is 2.29. The molecule has 31 heavy (non-hydrogen) atoms. The number of benzene rings is 2. The molecule has 3 aromatic rings. The molecule has 7 heteroatoms. The molecule has 1 unspecified atom stereocenters. The summed E-state index contributed by atoms with van der Waals surface area (Å²) >= 11 is 0. The molecule has 1 atom stereocenters. The Morgan fingerprint density at radius 2 is 1.94 bits per heavy atom. The minimum Gasteiger partial charge on any atom is -0.496 e. The standard InChI is InChI=1S/C24H27N3O4/c1-24(2,23(29)30)12-17-5-4-16(11-21(17)31-3)20(13-25)22(28)27-19-7-6-18-14-26-9-8-15(18)10-19/h4-11,14,20H,12-13,25H2,1-3H3,(H,27,28)(H,29,30). The predicted octanol–water partition coefficient (Wildman–Crippen LogP) is 3.58. The molecule has 0 radical (unpaired) electrons. The molecular formula is C24H27N3O4. The van der Waals surface area contributed by atoms with Crippen LogP contribution in [0.25, 0.3) is 10.8 Å². The number of carboxylic acids is 1. The van der Waals surface area contributed by atoms with Gasteiger partial charge in [-0.1, -0.05) is 18.2 Å². The van der Waals surface area contributed by atoms with Crippen LogP contribution in [0.3, 0.4) is 0 Å². The van der Waals surface area contributed by atoms with Crippen LogP contribution in [0, 0.1) is 5.41 Å². The summed E-state index contributed by atoms with van der Waals surface area (Å²) in [5, 5.41) is 14.3. The number of nitrogens with one attached hydrogen (secondary N) is 1. The van der Waals surface area contributed by atoms with E-state index in [2.05, 4.69) is 10.3 Å². The molecule has 1 amide bonds. The first-order valence-electron chi connectivity index (χ1n) is 10.00. The minimum absolute atomic E-state index is 0.118. The van der Waals surface area contributed by atoms with Crippen molar-refractivity contribution in [1.29, 1.82) is 0 Å². The number of aromatic nitrogens is 1. The molecule has 0 saturated carbocycles. The van der Waals surface area contributed by atoms with Crippen LogP contribution in [-0.2, 0) is 16.0 Å². The first kappa shape index (κ1) is 22.2. The highest BCUT2D eigenvalue weighted by atomic mass is 16.5. The maximum absolute atomic E-state index is 13.0. The third kappa shape index (κ3) is 5.00. The number of carboxylic acid groups (broad SMARTS) is 1. The number of hydrogen-bond acceptors (Lipinski definition) is 5. The Kier molecular flexibility index (Phi) is 6.56. The zero-order chi connectivity index (χ0) is 22.6. The zero-order valence-electron chi connectivity index (χ0n) is 17.9. The highest BCUT2D eigenvalue weighted by molar-refractivity contribution is 5.98. The fraction of sp³-hybridized carbons (Fsp3) is 0.292. The molecule has 1 heterocycles. The molecule has 0 aliphatic heterocycles. The molecule has 0 aliphatic rings. The number of nitrogens with two attached hydrogens (primary N) is 1. The van der Waals surface area contributed by atoms with E-state index >= 15 is 0 Å². The van der Waals surface area contributed by atoms with E-state index in [9.17, 15) is 14.7 Å². The van der Waals surface area contributed by atoms with Crippen LogP contribution in [0.2, 0.25) is 0 Å². The van der Waals surface area contributed by atoms with Gasteiger partial charge in [0.1, 0.15) is 5.75 Å². The quantitative estimate of drug-likeness (QED) is 0.512. The van der Waals surface area contributed by atoms with Gasteiger partial charge in [-0.2, -0.15) is 0 Å². The van der Waals surface area contributed by atoms with Crippen LogP contribution in [0.5, 0.6) is 5.75 Å². The number of ether oxygens (including phenoxy) is 1. The van der Waals surface area contributed by atoms with Crippen molar-refractivity contribution in [2.75, 3.05) is 19.0 Å². The lowest BCUT2D eigenvalue weighted by Gasteiger charge is -2.22. The van der Waals surface area contributed by atoms with Gasteiger partial charge < -0.3 is 20.9 Å². The molecule has 1 aromatic heterocycles. The molecule has 0 fully saturated rings. The van der Waals surface area contributed by atoms with Gasteiger partial charge in [0, 0.05) is 30.0 Å². The highest BCUT2D eigenvalue weighted by Crippen LogP contribution is 2.31. The van der Waals surface area contributed by atoms with Crippen molar-refractivity contribution < 1.29 is 19.4 Å². The molecule has 0 bridgehead atoms. The first-order chi connectivity index (χ1) is 14.7. The summed E-state index contributed by atoms with van der Waals surface area (Å²) in [6.07, 6.45) is 3.77. The number of nitrogens with zero attached hydrogens (tertiary/aromatic N) is 1. The van der Waals surface area contributed by atoms with E-state index in [0.717, 1.165) is 16.3 Å². The van der Waals surface area contributed by atoms with E-state index in [1.165, 1.54) is 7.11 Å². The van der Waals surface area contributed by atoms with Crippen LogP contribution in [0.1, 0.15) is 30.9 Å². The topological polar surface area (TPSA) is 115 Å². The van der Waals surface area contributed by atoms with E-state index in [0.29, 0.717) is 23.4 Å². The van der Waals surface area contributed by atoms with Gasteiger partial charge in [-0.25, -0.2) is 0 Å². The van der Waals surface area contributed by atoms with Crippen molar-refractivity contribution in [3.05, 3.63) is 66.0 Å². The number of carbonyl (C=O) groups is 2. The Morgan fingerprint density at radius 3 is 2.61 bits per heavy atom. The SMILES string of the molecule is COc1cc(C(CN)C(=O)Nc2ccc3cnccc3c2)ccc1CC(C)(C)C(=O)O. The zero-order valence-corrected chi connectivity index (χ0v) is 17.9. The normalized spacial score (nSPS) is 12.4. The molecule has 2 aromatic carbocycles. The molecule has 7 nitrogen and oxygen atoms in total.